The van der Waals surface area contributed by atoms with Gasteiger partial charge in [-0.2, -0.15) is 0 Å². The van der Waals surface area contributed by atoms with Crippen molar-refractivity contribution in [2.24, 2.45) is 0 Å². The van der Waals surface area contributed by atoms with E-state index < -0.39 is 6.36 Å². The molecule has 1 amide bonds. The number of ether oxygens (including phenoxy) is 1. The second-order valence-corrected chi connectivity index (χ2v) is 3.88. The first-order valence-corrected chi connectivity index (χ1v) is 5.65. The molecular weight excluding hydrogens is 271 g/mol. The number of halogens is 3. The minimum Gasteiger partial charge on any atom is -0.406 e. The van der Waals surface area contributed by atoms with Crippen molar-refractivity contribution < 1.29 is 22.7 Å². The Morgan fingerprint density at radius 2 is 1.65 bits per heavy atom. The fraction of sp³-hybridized carbons (Fsp3) is 0.0714. The summed E-state index contributed by atoms with van der Waals surface area (Å²) < 4.78 is 40.0. The average Bonchev–Trinajstić information content (AvgIpc) is 2.39. The molecule has 0 spiro atoms. The van der Waals surface area contributed by atoms with E-state index in [1.54, 1.807) is 24.3 Å². The molecule has 3 nitrogen and oxygen atoms in total. The average molecular weight is 281 g/mol. The summed E-state index contributed by atoms with van der Waals surface area (Å²) in [7, 11) is 0. The number of hydrogen-bond donors (Lipinski definition) is 1. The van der Waals surface area contributed by atoms with E-state index >= 15 is 0 Å². The van der Waals surface area contributed by atoms with Gasteiger partial charge in [-0.15, -0.1) is 13.2 Å². The predicted octanol–water partition coefficient (Wildman–Crippen LogP) is 3.82. The molecule has 6 heteroatoms. The van der Waals surface area contributed by atoms with Gasteiger partial charge in [-0.25, -0.2) is 0 Å². The molecule has 0 aliphatic rings. The minimum absolute atomic E-state index is 0.290. The number of carbonyl (C=O) groups excluding carboxylic acids is 1. The Kier molecular flexibility index (Phi) is 3.93. The van der Waals surface area contributed by atoms with Crippen molar-refractivity contribution in [2.45, 2.75) is 6.36 Å². The molecule has 0 bridgehead atoms. The number of benzene rings is 2. The van der Waals surface area contributed by atoms with Crippen LogP contribution in [0.5, 0.6) is 5.75 Å². The maximum atomic E-state index is 12.1. The Hall–Kier alpha value is -2.50. The number of anilines is 1. The molecule has 20 heavy (non-hydrogen) atoms. The topological polar surface area (TPSA) is 38.3 Å². The van der Waals surface area contributed by atoms with Crippen molar-refractivity contribution in [1.82, 2.24) is 0 Å². The Balaban J connectivity index is 2.28. The van der Waals surface area contributed by atoms with Crippen molar-refractivity contribution in [3.8, 4) is 16.9 Å². The van der Waals surface area contributed by atoms with E-state index in [-0.39, 0.29) is 5.75 Å². The molecule has 0 fully saturated rings. The van der Waals surface area contributed by atoms with Crippen molar-refractivity contribution in [3.05, 3.63) is 48.5 Å². The van der Waals surface area contributed by atoms with Crippen LogP contribution in [0.1, 0.15) is 0 Å². The van der Waals surface area contributed by atoms with Gasteiger partial charge in [0.25, 0.3) is 0 Å². The molecule has 0 aliphatic heterocycles. The SMILES string of the molecule is O=CNc1ccccc1-c1ccc(OC(F)(F)F)cc1. The molecule has 0 aliphatic carbocycles. The molecule has 0 unspecified atom stereocenters. The Morgan fingerprint density at radius 1 is 1.00 bits per heavy atom. The normalized spacial score (nSPS) is 10.9. The summed E-state index contributed by atoms with van der Waals surface area (Å²) in [5.74, 6) is -0.290. The predicted molar refractivity (Wildman–Crippen MR) is 68.2 cm³/mol. The number of nitrogens with one attached hydrogen (secondary N) is 1. The first-order valence-electron chi connectivity index (χ1n) is 5.65. The molecule has 0 heterocycles. The number of amides is 1. The first kappa shape index (κ1) is 13.9. The molecule has 1 N–H and O–H groups in total. The number of carbonyl (C=O) groups is 1. The first-order chi connectivity index (χ1) is 9.49. The smallest absolute Gasteiger partial charge is 0.406 e. The largest absolute Gasteiger partial charge is 0.573 e. The van der Waals surface area contributed by atoms with Gasteiger partial charge in [0.2, 0.25) is 6.41 Å². The van der Waals surface area contributed by atoms with Crippen LogP contribution in [0.15, 0.2) is 48.5 Å². The maximum Gasteiger partial charge on any atom is 0.573 e. The van der Waals surface area contributed by atoms with E-state index in [4.69, 9.17) is 0 Å². The van der Waals surface area contributed by atoms with E-state index in [1.165, 1.54) is 24.3 Å². The zero-order valence-corrected chi connectivity index (χ0v) is 10.1. The Labute approximate surface area is 113 Å². The third kappa shape index (κ3) is 3.50. The van der Waals surface area contributed by atoms with Crippen LogP contribution < -0.4 is 10.1 Å². The van der Waals surface area contributed by atoms with Gasteiger partial charge in [0.1, 0.15) is 5.75 Å². The molecule has 0 radical (unpaired) electrons. The highest BCUT2D eigenvalue weighted by atomic mass is 19.4. The van der Waals surface area contributed by atoms with Gasteiger partial charge >= 0.3 is 6.36 Å². The lowest BCUT2D eigenvalue weighted by Crippen LogP contribution is -2.16. The summed E-state index contributed by atoms with van der Waals surface area (Å²) in [5, 5.41) is 2.54. The molecule has 0 saturated heterocycles. The zero-order valence-electron chi connectivity index (χ0n) is 10.1. The molecule has 2 rings (SSSR count). The van der Waals surface area contributed by atoms with Crippen LogP contribution in [-0.2, 0) is 4.79 Å². The Bertz CT molecular complexity index is 594. The molecule has 0 saturated carbocycles. The molecular formula is C14H10F3NO2. The van der Waals surface area contributed by atoms with Gasteiger partial charge < -0.3 is 10.1 Å². The quantitative estimate of drug-likeness (QED) is 0.865. The highest BCUT2D eigenvalue weighted by Gasteiger charge is 2.30. The van der Waals surface area contributed by atoms with Gasteiger partial charge in [-0.05, 0) is 23.8 Å². The van der Waals surface area contributed by atoms with Crippen LogP contribution in [0, 0.1) is 0 Å². The van der Waals surface area contributed by atoms with Crippen LogP contribution in [0.3, 0.4) is 0 Å². The Morgan fingerprint density at radius 3 is 2.25 bits per heavy atom. The van der Waals surface area contributed by atoms with Crippen molar-refractivity contribution >= 4 is 12.1 Å². The summed E-state index contributed by atoms with van der Waals surface area (Å²) in [4.78, 5) is 10.5. The van der Waals surface area contributed by atoms with E-state index in [0.717, 1.165) is 0 Å². The standard InChI is InChI=1S/C14H10F3NO2/c15-14(16,17)20-11-7-5-10(6-8-11)12-3-1-2-4-13(12)18-9-19/h1-9H,(H,18,19). The fourth-order valence-corrected chi connectivity index (χ4v) is 1.76. The van der Waals surface area contributed by atoms with Crippen molar-refractivity contribution in [3.63, 3.8) is 0 Å². The highest BCUT2D eigenvalue weighted by molar-refractivity contribution is 5.85. The minimum atomic E-state index is -4.71. The van der Waals surface area contributed by atoms with Gasteiger partial charge in [0, 0.05) is 11.3 Å². The van der Waals surface area contributed by atoms with Gasteiger partial charge in [-0.1, -0.05) is 30.3 Å². The summed E-state index contributed by atoms with van der Waals surface area (Å²) >= 11 is 0. The molecule has 2 aromatic carbocycles. The molecule has 0 aromatic heterocycles. The molecule has 0 atom stereocenters. The summed E-state index contributed by atoms with van der Waals surface area (Å²) in [6.45, 7) is 0. The maximum absolute atomic E-state index is 12.1. The number of rotatable bonds is 4. The van der Waals surface area contributed by atoms with E-state index in [2.05, 4.69) is 10.1 Å². The number of para-hydroxylation sites is 1. The lowest BCUT2D eigenvalue weighted by atomic mass is 10.0. The van der Waals surface area contributed by atoms with Gasteiger partial charge in [-0.3, -0.25) is 4.79 Å². The van der Waals surface area contributed by atoms with Crippen LogP contribution in [0.2, 0.25) is 0 Å². The van der Waals surface area contributed by atoms with E-state index in [9.17, 15) is 18.0 Å². The summed E-state index contributed by atoms with van der Waals surface area (Å²) in [6.07, 6.45) is -4.17. The van der Waals surface area contributed by atoms with Crippen LogP contribution >= 0.6 is 0 Å². The fourth-order valence-electron chi connectivity index (χ4n) is 1.76. The lowest BCUT2D eigenvalue weighted by molar-refractivity contribution is -0.274. The van der Waals surface area contributed by atoms with Gasteiger partial charge in [0.15, 0.2) is 0 Å². The summed E-state index contributed by atoms with van der Waals surface area (Å²) in [5.41, 5.74) is 1.95. The number of hydrogen-bond acceptors (Lipinski definition) is 2. The zero-order chi connectivity index (χ0) is 14.6. The second kappa shape index (κ2) is 5.64. The third-order valence-corrected chi connectivity index (χ3v) is 2.54. The van der Waals surface area contributed by atoms with Crippen molar-refractivity contribution in [1.29, 1.82) is 0 Å². The second-order valence-electron chi connectivity index (χ2n) is 3.88. The number of alkyl halides is 3. The van der Waals surface area contributed by atoms with Crippen LogP contribution in [0.4, 0.5) is 18.9 Å². The van der Waals surface area contributed by atoms with E-state index in [1.807, 2.05) is 0 Å². The lowest BCUT2D eigenvalue weighted by Gasteiger charge is -2.11. The van der Waals surface area contributed by atoms with E-state index in [0.29, 0.717) is 23.2 Å². The van der Waals surface area contributed by atoms with Gasteiger partial charge in [0.05, 0.1) is 0 Å². The van der Waals surface area contributed by atoms with Crippen molar-refractivity contribution in [2.75, 3.05) is 5.32 Å². The van der Waals surface area contributed by atoms with Crippen LogP contribution in [0.25, 0.3) is 11.1 Å². The molecule has 104 valence electrons. The third-order valence-electron chi connectivity index (χ3n) is 2.54. The monoisotopic (exact) mass is 281 g/mol. The molecule has 2 aromatic rings. The highest BCUT2D eigenvalue weighted by Crippen LogP contribution is 2.30. The van der Waals surface area contributed by atoms with Crippen LogP contribution in [-0.4, -0.2) is 12.8 Å². The summed E-state index contributed by atoms with van der Waals surface area (Å²) in [6, 6.07) is 12.4.